The maximum atomic E-state index is 10.9. The Labute approximate surface area is 141 Å². The van der Waals surface area contributed by atoms with Gasteiger partial charge in [0, 0.05) is 11.8 Å². The van der Waals surface area contributed by atoms with Gasteiger partial charge in [0.2, 0.25) is 0 Å². The number of aryl methyl sites for hydroxylation is 1. The van der Waals surface area contributed by atoms with Gasteiger partial charge in [-0.2, -0.15) is 0 Å². The van der Waals surface area contributed by atoms with E-state index in [0.717, 1.165) is 12.0 Å². The number of rotatable bonds is 8. The summed E-state index contributed by atoms with van der Waals surface area (Å²) >= 11 is 5.88. The Morgan fingerprint density at radius 2 is 1.83 bits per heavy atom. The molecule has 0 aliphatic carbocycles. The molecule has 1 heterocycles. The number of aromatic carboxylic acids is 1. The molecule has 0 aliphatic rings. The van der Waals surface area contributed by atoms with E-state index in [1.165, 1.54) is 43.9 Å². The third-order valence-corrected chi connectivity index (χ3v) is 4.04. The second kappa shape index (κ2) is 8.63. The highest BCUT2D eigenvalue weighted by Crippen LogP contribution is 2.20. The summed E-state index contributed by atoms with van der Waals surface area (Å²) in [7, 11) is 0. The third kappa shape index (κ3) is 5.03. The highest BCUT2D eigenvalue weighted by molar-refractivity contribution is 6.32. The van der Waals surface area contributed by atoms with Crippen LogP contribution in [0.5, 0.6) is 0 Å². The van der Waals surface area contributed by atoms with Crippen molar-refractivity contribution < 1.29 is 9.90 Å². The molecular weight excluding hydrogens is 312 g/mol. The Bertz CT molecular complexity index is 657. The maximum absolute atomic E-state index is 10.9. The number of nitrogens with zero attached hydrogens (tertiary/aromatic N) is 2. The van der Waals surface area contributed by atoms with E-state index in [1.807, 2.05) is 12.1 Å². The van der Waals surface area contributed by atoms with Gasteiger partial charge in [0.25, 0.3) is 0 Å². The van der Waals surface area contributed by atoms with Crippen LogP contribution in [0.1, 0.15) is 54.9 Å². The lowest BCUT2D eigenvalue weighted by atomic mass is 10.0. The van der Waals surface area contributed by atoms with Gasteiger partial charge in [-0.1, -0.05) is 68.5 Å². The average molecular weight is 333 g/mol. The second-order valence-electron chi connectivity index (χ2n) is 5.56. The summed E-state index contributed by atoms with van der Waals surface area (Å²) in [6.45, 7) is 2.22. The van der Waals surface area contributed by atoms with Gasteiger partial charge in [-0.25, -0.2) is 14.8 Å². The highest BCUT2D eigenvalue weighted by Gasteiger charge is 2.12. The predicted molar refractivity (Wildman–Crippen MR) is 91.9 cm³/mol. The van der Waals surface area contributed by atoms with Gasteiger partial charge < -0.3 is 5.11 Å². The normalized spacial score (nSPS) is 10.7. The number of aromatic nitrogens is 2. The Balaban J connectivity index is 1.99. The summed E-state index contributed by atoms with van der Waals surface area (Å²) < 4.78 is 0. The Kier molecular flexibility index (Phi) is 6.53. The van der Waals surface area contributed by atoms with Crippen molar-refractivity contribution in [2.45, 2.75) is 45.4 Å². The molecule has 0 fully saturated rings. The lowest BCUT2D eigenvalue weighted by molar-refractivity contribution is 0.0696. The van der Waals surface area contributed by atoms with Gasteiger partial charge in [0.1, 0.15) is 10.7 Å². The monoisotopic (exact) mass is 332 g/mol. The fourth-order valence-corrected chi connectivity index (χ4v) is 2.61. The molecule has 0 radical (unpaired) electrons. The van der Waals surface area contributed by atoms with Gasteiger partial charge in [0.15, 0.2) is 5.82 Å². The maximum Gasteiger partial charge on any atom is 0.340 e. The summed E-state index contributed by atoms with van der Waals surface area (Å²) in [6, 6.07) is 8.04. The first-order chi connectivity index (χ1) is 11.1. The second-order valence-corrected chi connectivity index (χ2v) is 5.92. The van der Waals surface area contributed by atoms with Crippen LogP contribution in [0.4, 0.5) is 0 Å². The zero-order chi connectivity index (χ0) is 16.7. The number of benzene rings is 1. The SMILES string of the molecule is CCCCCCCc1ccc(-c2ncc(C(=O)O)c(Cl)n2)cc1. The van der Waals surface area contributed by atoms with Crippen molar-refractivity contribution in [3.63, 3.8) is 0 Å². The highest BCUT2D eigenvalue weighted by atomic mass is 35.5. The molecule has 0 unspecified atom stereocenters. The molecule has 2 aromatic rings. The lowest BCUT2D eigenvalue weighted by Gasteiger charge is -2.05. The van der Waals surface area contributed by atoms with Gasteiger partial charge >= 0.3 is 5.97 Å². The number of hydrogen-bond donors (Lipinski definition) is 1. The van der Waals surface area contributed by atoms with Crippen molar-refractivity contribution >= 4 is 17.6 Å². The smallest absolute Gasteiger partial charge is 0.340 e. The molecule has 122 valence electrons. The topological polar surface area (TPSA) is 63.1 Å². The van der Waals surface area contributed by atoms with Crippen molar-refractivity contribution in [1.82, 2.24) is 9.97 Å². The minimum absolute atomic E-state index is 0.0394. The fourth-order valence-electron chi connectivity index (χ4n) is 2.40. The molecule has 0 aliphatic heterocycles. The van der Waals surface area contributed by atoms with E-state index < -0.39 is 5.97 Å². The number of carbonyl (C=O) groups is 1. The first-order valence-electron chi connectivity index (χ1n) is 7.97. The molecule has 4 nitrogen and oxygen atoms in total. The van der Waals surface area contributed by atoms with Crippen LogP contribution in [-0.4, -0.2) is 21.0 Å². The molecule has 0 bridgehead atoms. The number of halogens is 1. The van der Waals surface area contributed by atoms with E-state index in [4.69, 9.17) is 16.7 Å². The molecular formula is C18H21ClN2O2. The third-order valence-electron chi connectivity index (χ3n) is 3.75. The zero-order valence-electron chi connectivity index (χ0n) is 13.3. The first kappa shape index (κ1) is 17.4. The van der Waals surface area contributed by atoms with Crippen molar-refractivity contribution in [2.75, 3.05) is 0 Å². The number of carboxylic acids is 1. The minimum atomic E-state index is -1.13. The van der Waals surface area contributed by atoms with Crippen molar-refractivity contribution in [3.8, 4) is 11.4 Å². The van der Waals surface area contributed by atoms with E-state index in [9.17, 15) is 4.79 Å². The van der Waals surface area contributed by atoms with Gasteiger partial charge in [-0.3, -0.25) is 0 Å². The quantitative estimate of drug-likeness (QED) is 0.545. The summed E-state index contributed by atoms with van der Waals surface area (Å²) in [4.78, 5) is 19.1. The van der Waals surface area contributed by atoms with E-state index in [1.54, 1.807) is 0 Å². The van der Waals surface area contributed by atoms with Gasteiger partial charge in [0.05, 0.1) is 0 Å². The van der Waals surface area contributed by atoms with E-state index in [2.05, 4.69) is 29.0 Å². The Morgan fingerprint density at radius 3 is 2.43 bits per heavy atom. The number of unbranched alkanes of at least 4 members (excludes halogenated alkanes) is 4. The van der Waals surface area contributed by atoms with Crippen molar-refractivity contribution in [1.29, 1.82) is 0 Å². The van der Waals surface area contributed by atoms with Crippen LogP contribution in [0.2, 0.25) is 5.15 Å². The van der Waals surface area contributed by atoms with Crippen LogP contribution in [-0.2, 0) is 6.42 Å². The fraction of sp³-hybridized carbons (Fsp3) is 0.389. The molecule has 1 aromatic carbocycles. The number of hydrogen-bond acceptors (Lipinski definition) is 3. The lowest BCUT2D eigenvalue weighted by Crippen LogP contribution is -2.01. The minimum Gasteiger partial charge on any atom is -0.478 e. The molecule has 0 amide bonds. The Hall–Kier alpha value is -1.94. The van der Waals surface area contributed by atoms with Crippen LogP contribution in [0, 0.1) is 0 Å². The zero-order valence-corrected chi connectivity index (χ0v) is 14.0. The first-order valence-corrected chi connectivity index (χ1v) is 8.34. The molecule has 0 atom stereocenters. The molecule has 0 spiro atoms. The molecule has 1 aromatic heterocycles. The Morgan fingerprint density at radius 1 is 1.13 bits per heavy atom. The molecule has 2 rings (SSSR count). The van der Waals surface area contributed by atoms with Crippen LogP contribution >= 0.6 is 11.6 Å². The summed E-state index contributed by atoms with van der Waals surface area (Å²) in [5.74, 6) is -0.686. The van der Waals surface area contributed by atoms with Crippen LogP contribution < -0.4 is 0 Å². The van der Waals surface area contributed by atoms with E-state index in [-0.39, 0.29) is 10.7 Å². The number of carboxylic acid groups (broad SMARTS) is 1. The van der Waals surface area contributed by atoms with Crippen molar-refractivity contribution in [3.05, 3.63) is 46.7 Å². The standard InChI is InChI=1S/C18H21ClN2O2/c1-2-3-4-5-6-7-13-8-10-14(11-9-13)17-20-12-15(18(22)23)16(19)21-17/h8-12H,2-7H2,1H3,(H,22,23). The van der Waals surface area contributed by atoms with E-state index >= 15 is 0 Å². The predicted octanol–water partition coefficient (Wildman–Crippen LogP) is 5.01. The average Bonchev–Trinajstić information content (AvgIpc) is 2.55. The van der Waals surface area contributed by atoms with E-state index in [0.29, 0.717) is 5.82 Å². The van der Waals surface area contributed by atoms with Gasteiger partial charge in [-0.05, 0) is 18.4 Å². The summed E-state index contributed by atoms with van der Waals surface area (Å²) in [6.07, 6.45) is 8.66. The summed E-state index contributed by atoms with van der Waals surface area (Å²) in [5.41, 5.74) is 2.04. The molecule has 0 saturated carbocycles. The summed E-state index contributed by atoms with van der Waals surface area (Å²) in [5, 5.41) is 8.90. The molecule has 5 heteroatoms. The molecule has 23 heavy (non-hydrogen) atoms. The van der Waals surface area contributed by atoms with Crippen LogP contribution in [0.15, 0.2) is 30.5 Å². The van der Waals surface area contributed by atoms with Crippen LogP contribution in [0.3, 0.4) is 0 Å². The molecule has 1 N–H and O–H groups in total. The van der Waals surface area contributed by atoms with Crippen LogP contribution in [0.25, 0.3) is 11.4 Å². The van der Waals surface area contributed by atoms with Crippen molar-refractivity contribution in [2.24, 2.45) is 0 Å². The van der Waals surface area contributed by atoms with Gasteiger partial charge in [-0.15, -0.1) is 0 Å². The molecule has 0 saturated heterocycles. The largest absolute Gasteiger partial charge is 0.478 e.